The lowest BCUT2D eigenvalue weighted by Gasteiger charge is -2.40. The molecule has 11 heteroatoms. The first-order chi connectivity index (χ1) is 20.4. The second-order valence-electron chi connectivity index (χ2n) is 11.9. The summed E-state index contributed by atoms with van der Waals surface area (Å²) in [4.78, 5) is 70.2. The normalized spacial score (nSPS) is 23.3. The van der Waals surface area contributed by atoms with E-state index in [0.29, 0.717) is 23.6 Å². The van der Waals surface area contributed by atoms with Crippen LogP contribution in [0.15, 0.2) is 36.4 Å². The van der Waals surface area contributed by atoms with Crippen molar-refractivity contribution in [1.82, 2.24) is 20.4 Å². The number of benzene rings is 2. The lowest BCUT2D eigenvalue weighted by molar-refractivity contribution is -0.136. The van der Waals surface area contributed by atoms with E-state index in [2.05, 4.69) is 37.5 Å². The molecule has 2 aromatic carbocycles. The van der Waals surface area contributed by atoms with Gasteiger partial charge < -0.3 is 15.1 Å². The smallest absolute Gasteiger partial charge is 0.262 e. The monoisotopic (exact) mass is 570 g/mol. The molecule has 0 radical (unpaired) electrons. The van der Waals surface area contributed by atoms with Crippen LogP contribution in [-0.2, 0) is 16.1 Å². The quantitative estimate of drug-likeness (QED) is 0.517. The zero-order chi connectivity index (χ0) is 29.0. The molecule has 3 saturated heterocycles. The van der Waals surface area contributed by atoms with E-state index in [1.54, 1.807) is 12.1 Å². The summed E-state index contributed by atoms with van der Waals surface area (Å²) in [6.07, 6.45) is 2.37. The number of piperidine rings is 2. The fourth-order valence-electron chi connectivity index (χ4n) is 7.00. The summed E-state index contributed by atoms with van der Waals surface area (Å²) in [6, 6.07) is 10.6. The van der Waals surface area contributed by atoms with Gasteiger partial charge >= 0.3 is 0 Å². The van der Waals surface area contributed by atoms with E-state index in [9.17, 15) is 24.0 Å². The van der Waals surface area contributed by atoms with E-state index in [1.807, 2.05) is 12.1 Å². The third-order valence-electron chi connectivity index (χ3n) is 9.43. The number of rotatable bonds is 5. The van der Waals surface area contributed by atoms with Crippen molar-refractivity contribution < 1.29 is 24.0 Å². The minimum Gasteiger partial charge on any atom is -0.371 e. The first-order valence-corrected chi connectivity index (χ1v) is 14.8. The highest BCUT2D eigenvalue weighted by Gasteiger charge is 2.44. The van der Waals surface area contributed by atoms with Gasteiger partial charge in [-0.15, -0.1) is 0 Å². The largest absolute Gasteiger partial charge is 0.371 e. The van der Waals surface area contributed by atoms with Gasteiger partial charge in [0.2, 0.25) is 11.8 Å². The maximum atomic E-state index is 13.2. The minimum absolute atomic E-state index is 0.0172. The van der Waals surface area contributed by atoms with Gasteiger partial charge in [-0.2, -0.15) is 0 Å². The molecule has 1 unspecified atom stereocenters. The average molecular weight is 571 g/mol. The predicted octanol–water partition coefficient (Wildman–Crippen LogP) is 1.37. The molecule has 0 aromatic heterocycles. The molecule has 0 aliphatic carbocycles. The molecule has 0 spiro atoms. The standard InChI is InChI=1S/C31H34N6O5/c38-27-6-5-26(29(40)33-27)37-30(41)24-4-2-22(16-25(24)31(37)42)35-9-7-19(8-10-35)18-34-11-13-36(14-12-34)21-1-3-23-20(15-21)17-32-28(23)39/h1-4,15-16,19,26H,5-14,17-18H2,(H,32,39)(H,33,38,40). The van der Waals surface area contributed by atoms with Gasteiger partial charge in [-0.3, -0.25) is 39.1 Å². The summed E-state index contributed by atoms with van der Waals surface area (Å²) in [5.41, 5.74) is 4.61. The van der Waals surface area contributed by atoms with Crippen LogP contribution < -0.4 is 20.4 Å². The highest BCUT2D eigenvalue weighted by Crippen LogP contribution is 2.32. The highest BCUT2D eigenvalue weighted by molar-refractivity contribution is 6.23. The van der Waals surface area contributed by atoms with Crippen LogP contribution in [0.1, 0.15) is 62.3 Å². The van der Waals surface area contributed by atoms with Crippen LogP contribution >= 0.6 is 0 Å². The highest BCUT2D eigenvalue weighted by atomic mass is 16.2. The first-order valence-electron chi connectivity index (χ1n) is 14.8. The van der Waals surface area contributed by atoms with Crippen molar-refractivity contribution in [2.24, 2.45) is 5.92 Å². The second kappa shape index (κ2) is 10.5. The molecule has 0 saturated carbocycles. The third-order valence-corrected chi connectivity index (χ3v) is 9.43. The lowest BCUT2D eigenvalue weighted by atomic mass is 9.95. The molecule has 0 bridgehead atoms. The zero-order valence-corrected chi connectivity index (χ0v) is 23.4. The maximum absolute atomic E-state index is 13.2. The van der Waals surface area contributed by atoms with Crippen LogP contribution in [0, 0.1) is 5.92 Å². The Labute approximate surface area is 243 Å². The van der Waals surface area contributed by atoms with Gasteiger partial charge in [0.05, 0.1) is 11.1 Å². The Bertz CT molecular complexity index is 1490. The van der Waals surface area contributed by atoms with Crippen LogP contribution in [0.2, 0.25) is 0 Å². The van der Waals surface area contributed by atoms with Crippen LogP contribution in [0.25, 0.3) is 0 Å². The SMILES string of the molecule is O=C1CCC(N2C(=O)c3ccc(N4CCC(CN5CCN(c6ccc7c(c6)CNC7=O)CC5)CC4)cc3C2=O)C(=O)N1. The van der Waals surface area contributed by atoms with Crippen molar-refractivity contribution >= 4 is 40.9 Å². The maximum Gasteiger partial charge on any atom is 0.262 e. The van der Waals surface area contributed by atoms with Crippen molar-refractivity contribution in [3.8, 4) is 0 Å². The molecule has 1 atom stereocenters. The molecule has 7 rings (SSSR count). The number of piperazine rings is 1. The summed E-state index contributed by atoms with van der Waals surface area (Å²) in [7, 11) is 0. The Morgan fingerprint density at radius 2 is 1.38 bits per heavy atom. The second-order valence-corrected chi connectivity index (χ2v) is 11.9. The number of hydrogen-bond acceptors (Lipinski definition) is 8. The molecule has 5 amide bonds. The number of amides is 5. The van der Waals surface area contributed by atoms with Gasteiger partial charge in [-0.1, -0.05) is 0 Å². The Kier molecular flexibility index (Phi) is 6.69. The topological polar surface area (TPSA) is 122 Å². The molecule has 5 heterocycles. The number of nitrogens with one attached hydrogen (secondary N) is 2. The minimum atomic E-state index is -0.951. The summed E-state index contributed by atoms with van der Waals surface area (Å²) in [5, 5.41) is 5.13. The Balaban J connectivity index is 0.921. The molecule has 2 aromatic rings. The van der Waals surface area contributed by atoms with Gasteiger partial charge in [0.25, 0.3) is 17.7 Å². The van der Waals surface area contributed by atoms with Gasteiger partial charge in [0.15, 0.2) is 0 Å². The lowest BCUT2D eigenvalue weighted by Crippen LogP contribution is -2.54. The molecule has 5 aliphatic rings. The van der Waals surface area contributed by atoms with Crippen molar-refractivity contribution in [3.05, 3.63) is 58.7 Å². The molecular weight excluding hydrogens is 536 g/mol. The van der Waals surface area contributed by atoms with Crippen molar-refractivity contribution in [1.29, 1.82) is 0 Å². The van der Waals surface area contributed by atoms with E-state index < -0.39 is 23.8 Å². The van der Waals surface area contributed by atoms with E-state index in [4.69, 9.17) is 0 Å². The van der Waals surface area contributed by atoms with Crippen molar-refractivity contribution in [3.63, 3.8) is 0 Å². The van der Waals surface area contributed by atoms with Gasteiger partial charge in [0, 0.05) is 75.7 Å². The first kappa shape index (κ1) is 26.6. The van der Waals surface area contributed by atoms with Crippen LogP contribution in [-0.4, -0.2) is 91.2 Å². The van der Waals surface area contributed by atoms with Gasteiger partial charge in [-0.05, 0) is 67.1 Å². The summed E-state index contributed by atoms with van der Waals surface area (Å²) in [5.74, 6) is -1.30. The number of anilines is 2. The van der Waals surface area contributed by atoms with Crippen LogP contribution in [0.4, 0.5) is 11.4 Å². The molecule has 42 heavy (non-hydrogen) atoms. The number of carbonyl (C=O) groups excluding carboxylic acids is 5. The summed E-state index contributed by atoms with van der Waals surface area (Å²) < 4.78 is 0. The Morgan fingerprint density at radius 1 is 0.714 bits per heavy atom. The summed E-state index contributed by atoms with van der Waals surface area (Å²) in [6.45, 7) is 7.41. The summed E-state index contributed by atoms with van der Waals surface area (Å²) >= 11 is 0. The van der Waals surface area contributed by atoms with E-state index in [0.717, 1.165) is 80.4 Å². The van der Waals surface area contributed by atoms with Crippen LogP contribution in [0.5, 0.6) is 0 Å². The fraction of sp³-hybridized carbons (Fsp3) is 0.452. The van der Waals surface area contributed by atoms with Crippen LogP contribution in [0.3, 0.4) is 0 Å². The molecule has 5 aliphatic heterocycles. The molecule has 11 nitrogen and oxygen atoms in total. The number of hydrogen-bond donors (Lipinski definition) is 2. The number of carbonyl (C=O) groups is 5. The number of fused-ring (bicyclic) bond motifs is 2. The average Bonchev–Trinajstić information content (AvgIpc) is 3.49. The van der Waals surface area contributed by atoms with E-state index in [-0.39, 0.29) is 24.7 Å². The van der Waals surface area contributed by atoms with Crippen molar-refractivity contribution in [2.75, 3.05) is 55.6 Å². The Hall–Kier alpha value is -4.25. The van der Waals surface area contributed by atoms with Gasteiger partial charge in [0.1, 0.15) is 6.04 Å². The fourth-order valence-corrected chi connectivity index (χ4v) is 7.00. The van der Waals surface area contributed by atoms with E-state index >= 15 is 0 Å². The number of nitrogens with zero attached hydrogens (tertiary/aromatic N) is 4. The molecule has 2 N–H and O–H groups in total. The molecule has 3 fully saturated rings. The Morgan fingerprint density at radius 3 is 2.12 bits per heavy atom. The van der Waals surface area contributed by atoms with Crippen molar-refractivity contribution in [2.45, 2.75) is 38.3 Å². The van der Waals surface area contributed by atoms with Gasteiger partial charge in [-0.25, -0.2) is 0 Å². The number of imide groups is 2. The van der Waals surface area contributed by atoms with E-state index in [1.165, 1.54) is 5.69 Å². The molecule has 218 valence electrons. The zero-order valence-electron chi connectivity index (χ0n) is 23.4. The predicted molar refractivity (Wildman–Crippen MR) is 154 cm³/mol. The molecular formula is C31H34N6O5. The third kappa shape index (κ3) is 4.71.